The van der Waals surface area contributed by atoms with Crippen LogP contribution in [0.4, 0.5) is 5.69 Å². The molecule has 3 nitrogen and oxygen atoms in total. The SMILES string of the molecule is Cc1cccc(-c2ccccc2P2C(C)(C)CC3(CC2(C)C)OCCO3)c1N. The highest BCUT2D eigenvalue weighted by molar-refractivity contribution is 7.69. The van der Waals surface area contributed by atoms with Crippen LogP contribution in [0.1, 0.15) is 46.1 Å². The normalized spacial score (nSPS) is 23.2. The third-order valence-corrected chi connectivity index (χ3v) is 9.80. The van der Waals surface area contributed by atoms with E-state index >= 15 is 0 Å². The van der Waals surface area contributed by atoms with Crippen molar-refractivity contribution in [2.75, 3.05) is 18.9 Å². The molecule has 2 N–H and O–H groups in total. The molecule has 2 aromatic rings. The smallest absolute Gasteiger partial charge is 0.170 e. The van der Waals surface area contributed by atoms with Gasteiger partial charge in [-0.15, -0.1) is 0 Å². The van der Waals surface area contributed by atoms with Crippen LogP contribution in [0.15, 0.2) is 42.5 Å². The van der Waals surface area contributed by atoms with Crippen molar-refractivity contribution in [3.63, 3.8) is 0 Å². The average molecular weight is 397 g/mol. The predicted molar refractivity (Wildman–Crippen MR) is 120 cm³/mol. The number of ether oxygens (including phenoxy) is 2. The topological polar surface area (TPSA) is 44.5 Å². The zero-order valence-electron chi connectivity index (χ0n) is 17.7. The molecular weight excluding hydrogens is 365 g/mol. The van der Waals surface area contributed by atoms with E-state index in [-0.39, 0.29) is 10.3 Å². The van der Waals surface area contributed by atoms with E-state index < -0.39 is 13.7 Å². The summed E-state index contributed by atoms with van der Waals surface area (Å²) < 4.78 is 12.3. The summed E-state index contributed by atoms with van der Waals surface area (Å²) >= 11 is 0. The van der Waals surface area contributed by atoms with E-state index in [0.29, 0.717) is 13.2 Å². The predicted octanol–water partition coefficient (Wildman–Crippen LogP) is 5.45. The number of aryl methyl sites for hydroxylation is 1. The molecule has 1 spiro atoms. The number of para-hydroxylation sites is 1. The molecule has 2 aliphatic heterocycles. The molecule has 2 aromatic carbocycles. The van der Waals surface area contributed by atoms with Crippen molar-refractivity contribution in [1.29, 1.82) is 0 Å². The molecule has 150 valence electrons. The van der Waals surface area contributed by atoms with Crippen LogP contribution >= 0.6 is 7.92 Å². The van der Waals surface area contributed by atoms with Crippen LogP contribution in [-0.2, 0) is 9.47 Å². The Morgan fingerprint density at radius 2 is 1.39 bits per heavy atom. The molecule has 4 heteroatoms. The first-order chi connectivity index (χ1) is 13.2. The van der Waals surface area contributed by atoms with Gasteiger partial charge in [0, 0.05) is 24.1 Å². The Morgan fingerprint density at radius 1 is 0.821 bits per heavy atom. The van der Waals surface area contributed by atoms with Gasteiger partial charge in [-0.3, -0.25) is 0 Å². The molecule has 28 heavy (non-hydrogen) atoms. The van der Waals surface area contributed by atoms with Gasteiger partial charge in [0.25, 0.3) is 0 Å². The average Bonchev–Trinajstić information content (AvgIpc) is 3.02. The maximum Gasteiger partial charge on any atom is 0.170 e. The first kappa shape index (κ1) is 19.9. The number of rotatable bonds is 2. The Bertz CT molecular complexity index is 864. The lowest BCUT2D eigenvalue weighted by Crippen LogP contribution is -2.52. The maximum absolute atomic E-state index is 6.51. The lowest BCUT2D eigenvalue weighted by molar-refractivity contribution is -0.178. The third kappa shape index (κ3) is 3.28. The van der Waals surface area contributed by atoms with Crippen molar-refractivity contribution in [2.24, 2.45) is 0 Å². The molecule has 0 radical (unpaired) electrons. The lowest BCUT2D eigenvalue weighted by atomic mass is 9.91. The molecule has 0 bridgehead atoms. The summed E-state index contributed by atoms with van der Waals surface area (Å²) in [6, 6.07) is 15.2. The van der Waals surface area contributed by atoms with Crippen LogP contribution in [0.2, 0.25) is 0 Å². The Morgan fingerprint density at radius 3 is 2.04 bits per heavy atom. The highest BCUT2D eigenvalue weighted by Crippen LogP contribution is 2.68. The number of hydrogen-bond acceptors (Lipinski definition) is 3. The molecule has 0 saturated carbocycles. The number of hydrogen-bond donors (Lipinski definition) is 1. The standard InChI is InChI=1S/C24H32NO2P/c1-17-9-8-11-19(21(17)25)18-10-6-7-12-20(18)28-22(2,3)15-24(16-23(28,4)5)26-13-14-27-24/h6-12H,13-16,25H2,1-5H3. The second-order valence-electron chi connectivity index (χ2n) is 9.47. The van der Waals surface area contributed by atoms with Crippen LogP contribution in [0, 0.1) is 6.92 Å². The minimum atomic E-state index is -0.477. The summed E-state index contributed by atoms with van der Waals surface area (Å²) in [7, 11) is -0.477. The summed E-state index contributed by atoms with van der Waals surface area (Å²) in [5, 5.41) is 1.63. The largest absolute Gasteiger partial charge is 0.398 e. The summed E-state index contributed by atoms with van der Waals surface area (Å²) in [5.74, 6) is -0.414. The van der Waals surface area contributed by atoms with Gasteiger partial charge in [-0.05, 0) is 33.7 Å². The Kier molecular flexibility index (Phi) is 4.85. The molecule has 0 amide bonds. The highest BCUT2D eigenvalue weighted by atomic mass is 31.1. The lowest BCUT2D eigenvalue weighted by Gasteiger charge is -2.55. The monoisotopic (exact) mass is 397 g/mol. The summed E-state index contributed by atoms with van der Waals surface area (Å²) in [6.07, 6.45) is 1.87. The molecule has 2 saturated heterocycles. The molecule has 0 atom stereocenters. The Labute approximate surface area is 170 Å². The van der Waals surface area contributed by atoms with E-state index in [0.717, 1.165) is 29.7 Å². The molecule has 0 unspecified atom stereocenters. The van der Waals surface area contributed by atoms with Crippen molar-refractivity contribution in [3.8, 4) is 11.1 Å². The minimum absolute atomic E-state index is 0.0934. The minimum Gasteiger partial charge on any atom is -0.398 e. The summed E-state index contributed by atoms with van der Waals surface area (Å²) in [5.41, 5.74) is 11.0. The number of benzene rings is 2. The van der Waals surface area contributed by atoms with Crippen LogP contribution in [0.3, 0.4) is 0 Å². The molecular formula is C24H32NO2P. The van der Waals surface area contributed by atoms with Gasteiger partial charge in [-0.2, -0.15) is 0 Å². The second kappa shape index (κ2) is 6.83. The van der Waals surface area contributed by atoms with Crippen LogP contribution in [0.5, 0.6) is 0 Å². The van der Waals surface area contributed by atoms with Gasteiger partial charge in [-0.1, -0.05) is 78.1 Å². The summed E-state index contributed by atoms with van der Waals surface area (Å²) in [4.78, 5) is 0. The van der Waals surface area contributed by atoms with E-state index in [2.05, 4.69) is 77.1 Å². The van der Waals surface area contributed by atoms with E-state index in [1.54, 1.807) is 0 Å². The van der Waals surface area contributed by atoms with Gasteiger partial charge >= 0.3 is 0 Å². The fourth-order valence-electron chi connectivity index (χ4n) is 5.52. The Hall–Kier alpha value is -1.41. The Balaban J connectivity index is 1.84. The zero-order chi connectivity index (χ0) is 20.2. The number of nitrogen functional groups attached to an aromatic ring is 1. The van der Waals surface area contributed by atoms with E-state index in [9.17, 15) is 0 Å². The van der Waals surface area contributed by atoms with Crippen LogP contribution in [-0.4, -0.2) is 29.3 Å². The van der Waals surface area contributed by atoms with Gasteiger partial charge in [0.2, 0.25) is 0 Å². The fraction of sp³-hybridized carbons (Fsp3) is 0.500. The van der Waals surface area contributed by atoms with Gasteiger partial charge in [0.1, 0.15) is 0 Å². The first-order valence-corrected chi connectivity index (χ1v) is 11.5. The van der Waals surface area contributed by atoms with Crippen LogP contribution < -0.4 is 11.0 Å². The van der Waals surface area contributed by atoms with Crippen molar-refractivity contribution in [2.45, 2.75) is 63.6 Å². The number of anilines is 1. The molecule has 0 aromatic heterocycles. The third-order valence-electron chi connectivity index (χ3n) is 6.19. The van der Waals surface area contributed by atoms with Gasteiger partial charge in [0.15, 0.2) is 5.79 Å². The number of nitrogens with two attached hydrogens (primary N) is 1. The maximum atomic E-state index is 6.51. The van der Waals surface area contributed by atoms with E-state index in [4.69, 9.17) is 15.2 Å². The van der Waals surface area contributed by atoms with Crippen molar-refractivity contribution < 1.29 is 9.47 Å². The second-order valence-corrected chi connectivity index (χ2v) is 13.0. The van der Waals surface area contributed by atoms with Gasteiger partial charge in [0.05, 0.1) is 13.2 Å². The van der Waals surface area contributed by atoms with E-state index in [1.807, 2.05) is 0 Å². The molecule has 0 aliphatic carbocycles. The zero-order valence-corrected chi connectivity index (χ0v) is 18.6. The van der Waals surface area contributed by atoms with Crippen molar-refractivity contribution >= 4 is 18.9 Å². The molecule has 2 fully saturated rings. The molecule has 2 aliphatic rings. The quantitative estimate of drug-likeness (QED) is 0.542. The first-order valence-electron chi connectivity index (χ1n) is 10.2. The molecule has 2 heterocycles. The van der Waals surface area contributed by atoms with Crippen molar-refractivity contribution in [3.05, 3.63) is 48.0 Å². The summed E-state index contributed by atoms with van der Waals surface area (Å²) in [6.45, 7) is 13.1. The fourth-order valence-corrected chi connectivity index (χ4v) is 9.94. The van der Waals surface area contributed by atoms with Gasteiger partial charge in [-0.25, -0.2) is 0 Å². The van der Waals surface area contributed by atoms with Crippen LogP contribution in [0.25, 0.3) is 11.1 Å². The van der Waals surface area contributed by atoms with Crippen molar-refractivity contribution in [1.82, 2.24) is 0 Å². The van der Waals surface area contributed by atoms with Gasteiger partial charge < -0.3 is 15.2 Å². The molecule has 4 rings (SSSR count). The van der Waals surface area contributed by atoms with E-state index in [1.165, 1.54) is 10.9 Å². The highest BCUT2D eigenvalue weighted by Gasteiger charge is 2.57.